The fourth-order valence-corrected chi connectivity index (χ4v) is 2.38. The van der Waals surface area contributed by atoms with Gasteiger partial charge in [-0.1, -0.05) is 34.4 Å². The van der Waals surface area contributed by atoms with Crippen molar-refractivity contribution in [3.8, 4) is 0 Å². The van der Waals surface area contributed by atoms with Crippen LogP contribution in [0.1, 0.15) is 11.5 Å². The van der Waals surface area contributed by atoms with Gasteiger partial charge in [-0.15, -0.1) is 5.10 Å². The maximum absolute atomic E-state index is 13.6. The monoisotopic (exact) mass is 381 g/mol. The van der Waals surface area contributed by atoms with Crippen LogP contribution in [0, 0.1) is 11.6 Å². The molecule has 0 bridgehead atoms. The summed E-state index contributed by atoms with van der Waals surface area (Å²) in [7, 11) is 1.65. The minimum atomic E-state index is -0.545. The number of anilines is 2. The third-order valence-corrected chi connectivity index (χ3v) is 4.01. The number of aromatic nitrogens is 2. The Kier molecular flexibility index (Phi) is 5.01. The Balaban J connectivity index is 1.79. The number of nitrogens with zero attached hydrogens (tertiary/aromatic N) is 3. The Bertz CT molecular complexity index is 943. The van der Waals surface area contributed by atoms with Gasteiger partial charge in [0.1, 0.15) is 11.6 Å². The SMILES string of the molecule is CN(c1ccc(Cl)c(F)c1)c1nnc(/C=C/c2ccc(F)cc2Cl)o1. The molecule has 2 aromatic carbocycles. The van der Waals surface area contributed by atoms with Crippen molar-refractivity contribution < 1.29 is 13.2 Å². The average Bonchev–Trinajstić information content (AvgIpc) is 3.05. The minimum Gasteiger partial charge on any atom is -0.404 e. The number of benzene rings is 2. The van der Waals surface area contributed by atoms with Crippen LogP contribution in [0.5, 0.6) is 0 Å². The lowest BCUT2D eigenvalue weighted by molar-refractivity contribution is 0.546. The predicted octanol–water partition coefficient (Wildman–Crippen LogP) is 5.59. The standard InChI is InChI=1S/C17H11Cl2F2N3O/c1-24(12-5-6-13(18)15(21)9-12)17-23-22-16(25-17)7-3-10-2-4-11(20)8-14(10)19/h2-9H,1H3/b7-3+. The summed E-state index contributed by atoms with van der Waals surface area (Å²) < 4.78 is 32.1. The summed E-state index contributed by atoms with van der Waals surface area (Å²) in [5.41, 5.74) is 1.11. The van der Waals surface area contributed by atoms with E-state index in [1.165, 1.54) is 35.2 Å². The predicted molar refractivity (Wildman–Crippen MR) is 94.1 cm³/mol. The largest absolute Gasteiger partial charge is 0.404 e. The molecule has 3 rings (SSSR count). The summed E-state index contributed by atoms with van der Waals surface area (Å²) in [4.78, 5) is 1.52. The van der Waals surface area contributed by atoms with Crippen molar-refractivity contribution in [2.24, 2.45) is 0 Å². The molecule has 8 heteroatoms. The van der Waals surface area contributed by atoms with Crippen LogP contribution in [-0.4, -0.2) is 17.2 Å². The second-order valence-corrected chi connectivity index (χ2v) is 5.89. The first-order valence-electron chi connectivity index (χ1n) is 7.09. The van der Waals surface area contributed by atoms with Gasteiger partial charge in [0.25, 0.3) is 0 Å². The van der Waals surface area contributed by atoms with Gasteiger partial charge in [-0.25, -0.2) is 8.78 Å². The lowest BCUT2D eigenvalue weighted by atomic mass is 10.2. The minimum absolute atomic E-state index is 0.0301. The lowest BCUT2D eigenvalue weighted by Gasteiger charge is -2.13. The van der Waals surface area contributed by atoms with Gasteiger partial charge >= 0.3 is 6.01 Å². The van der Waals surface area contributed by atoms with E-state index in [0.29, 0.717) is 11.3 Å². The molecule has 0 atom stereocenters. The number of rotatable bonds is 4. The Hall–Kier alpha value is -2.44. The van der Waals surface area contributed by atoms with Gasteiger partial charge < -0.3 is 4.42 Å². The highest BCUT2D eigenvalue weighted by Gasteiger charge is 2.13. The zero-order valence-corrected chi connectivity index (χ0v) is 14.4. The van der Waals surface area contributed by atoms with E-state index in [0.717, 1.165) is 0 Å². The molecule has 1 heterocycles. The Labute approximate surface area is 152 Å². The van der Waals surface area contributed by atoms with Crippen LogP contribution in [-0.2, 0) is 0 Å². The molecular weight excluding hydrogens is 371 g/mol. The van der Waals surface area contributed by atoms with Crippen LogP contribution >= 0.6 is 23.2 Å². The molecule has 0 aliphatic heterocycles. The van der Waals surface area contributed by atoms with Crippen molar-refractivity contribution in [2.75, 3.05) is 11.9 Å². The first-order valence-corrected chi connectivity index (χ1v) is 7.85. The third-order valence-electron chi connectivity index (χ3n) is 3.38. The van der Waals surface area contributed by atoms with Crippen LogP contribution in [0.15, 0.2) is 40.8 Å². The highest BCUT2D eigenvalue weighted by molar-refractivity contribution is 6.32. The van der Waals surface area contributed by atoms with Crippen LogP contribution in [0.2, 0.25) is 10.0 Å². The molecule has 0 saturated carbocycles. The van der Waals surface area contributed by atoms with Gasteiger partial charge in [0.15, 0.2) is 0 Å². The van der Waals surface area contributed by atoms with E-state index in [-0.39, 0.29) is 22.0 Å². The van der Waals surface area contributed by atoms with Crippen molar-refractivity contribution in [3.63, 3.8) is 0 Å². The van der Waals surface area contributed by atoms with Crippen LogP contribution in [0.3, 0.4) is 0 Å². The Morgan fingerprint density at radius 2 is 1.80 bits per heavy atom. The van der Waals surface area contributed by atoms with Gasteiger partial charge in [0.2, 0.25) is 5.89 Å². The Morgan fingerprint density at radius 3 is 2.52 bits per heavy atom. The van der Waals surface area contributed by atoms with E-state index in [4.69, 9.17) is 27.6 Å². The summed E-state index contributed by atoms with van der Waals surface area (Å²) in [6.45, 7) is 0. The third kappa shape index (κ3) is 3.97. The van der Waals surface area contributed by atoms with E-state index in [1.807, 2.05) is 0 Å². The fraction of sp³-hybridized carbons (Fsp3) is 0.0588. The summed E-state index contributed by atoms with van der Waals surface area (Å²) in [6, 6.07) is 8.55. The van der Waals surface area contributed by atoms with Gasteiger partial charge in [-0.3, -0.25) is 4.90 Å². The lowest BCUT2D eigenvalue weighted by Crippen LogP contribution is -2.10. The van der Waals surface area contributed by atoms with E-state index in [2.05, 4.69) is 10.2 Å². The molecule has 0 unspecified atom stereocenters. The molecule has 0 N–H and O–H groups in total. The fourth-order valence-electron chi connectivity index (χ4n) is 2.03. The Morgan fingerprint density at radius 1 is 1.00 bits per heavy atom. The molecule has 0 saturated heterocycles. The number of halogens is 4. The van der Waals surface area contributed by atoms with Gasteiger partial charge in [0.05, 0.1) is 10.0 Å². The zero-order chi connectivity index (χ0) is 18.0. The first kappa shape index (κ1) is 17.4. The summed E-state index contributed by atoms with van der Waals surface area (Å²) in [6.07, 6.45) is 3.17. The number of hydrogen-bond acceptors (Lipinski definition) is 4. The summed E-state index contributed by atoms with van der Waals surface area (Å²) in [5, 5.41) is 8.08. The molecule has 0 aliphatic carbocycles. The molecule has 0 fully saturated rings. The molecule has 4 nitrogen and oxygen atoms in total. The van der Waals surface area contributed by atoms with Crippen molar-refractivity contribution in [3.05, 3.63) is 69.5 Å². The molecular formula is C17H11Cl2F2N3O. The quantitative estimate of drug-likeness (QED) is 0.590. The molecule has 1 aromatic heterocycles. The second-order valence-electron chi connectivity index (χ2n) is 5.08. The number of hydrogen-bond donors (Lipinski definition) is 0. The van der Waals surface area contributed by atoms with Crippen molar-refractivity contribution in [1.29, 1.82) is 0 Å². The van der Waals surface area contributed by atoms with Gasteiger partial charge in [-0.05, 0) is 42.0 Å². The smallest absolute Gasteiger partial charge is 0.322 e. The molecule has 0 aliphatic rings. The maximum Gasteiger partial charge on any atom is 0.322 e. The normalized spacial score (nSPS) is 11.2. The van der Waals surface area contributed by atoms with Crippen molar-refractivity contribution in [1.82, 2.24) is 10.2 Å². The van der Waals surface area contributed by atoms with Gasteiger partial charge in [0, 0.05) is 18.8 Å². The van der Waals surface area contributed by atoms with Crippen LogP contribution in [0.25, 0.3) is 12.2 Å². The van der Waals surface area contributed by atoms with Crippen LogP contribution in [0.4, 0.5) is 20.5 Å². The van der Waals surface area contributed by atoms with Crippen LogP contribution < -0.4 is 4.90 Å². The molecule has 3 aromatic rings. The van der Waals surface area contributed by atoms with E-state index >= 15 is 0 Å². The molecule has 0 amide bonds. The molecule has 128 valence electrons. The topological polar surface area (TPSA) is 42.2 Å². The summed E-state index contributed by atoms with van der Waals surface area (Å²) in [5.74, 6) is -0.743. The highest BCUT2D eigenvalue weighted by atomic mass is 35.5. The first-order chi connectivity index (χ1) is 11.9. The maximum atomic E-state index is 13.6. The average molecular weight is 382 g/mol. The molecule has 0 spiro atoms. The summed E-state index contributed by atoms with van der Waals surface area (Å²) >= 11 is 11.6. The highest BCUT2D eigenvalue weighted by Crippen LogP contribution is 2.26. The van der Waals surface area contributed by atoms with Crippen molar-refractivity contribution >= 4 is 47.1 Å². The van der Waals surface area contributed by atoms with E-state index < -0.39 is 11.6 Å². The molecule has 25 heavy (non-hydrogen) atoms. The zero-order valence-electron chi connectivity index (χ0n) is 12.9. The van der Waals surface area contributed by atoms with E-state index in [1.54, 1.807) is 25.3 Å². The molecule has 0 radical (unpaired) electrons. The second kappa shape index (κ2) is 7.21. The van der Waals surface area contributed by atoms with Crippen molar-refractivity contribution in [2.45, 2.75) is 0 Å². The van der Waals surface area contributed by atoms with Gasteiger partial charge in [-0.2, -0.15) is 0 Å². The van der Waals surface area contributed by atoms with E-state index in [9.17, 15) is 8.78 Å².